The highest BCUT2D eigenvalue weighted by atomic mass is 31.2. The number of rotatable bonds is 5. The smallest absolute Gasteiger partial charge is 0.475 e. The minimum atomic E-state index is -3.74. The molecule has 13 heteroatoms. The summed E-state index contributed by atoms with van der Waals surface area (Å²) in [4.78, 5) is 12.8. The van der Waals surface area contributed by atoms with Gasteiger partial charge < -0.3 is 20.9 Å². The monoisotopic (exact) mass is 454 g/mol. The number of aromatic nitrogens is 4. The van der Waals surface area contributed by atoms with Gasteiger partial charge in [0.1, 0.15) is 12.2 Å². The molecule has 0 aromatic carbocycles. The summed E-state index contributed by atoms with van der Waals surface area (Å²) < 4.78 is 43.6. The van der Waals surface area contributed by atoms with Crippen LogP contribution in [0.5, 0.6) is 5.88 Å². The number of hydrogen-bond acceptors (Lipinski definition) is 11. The molecule has 4 heterocycles. The fraction of sp³-hybridized carbons (Fsp3) is 0.722. The molecule has 1 unspecified atom stereocenters. The van der Waals surface area contributed by atoms with Gasteiger partial charge in [-0.25, -0.2) is 9.55 Å². The van der Waals surface area contributed by atoms with E-state index in [1.165, 1.54) is 0 Å². The van der Waals surface area contributed by atoms with Gasteiger partial charge in [0.05, 0.1) is 31.2 Å². The summed E-state index contributed by atoms with van der Waals surface area (Å²) in [5, 5.41) is 0. The first-order chi connectivity index (χ1) is 14.8. The third-order valence-electron chi connectivity index (χ3n) is 5.95. The fourth-order valence-corrected chi connectivity index (χ4v) is 6.20. The molecule has 12 nitrogen and oxygen atoms in total. The molecule has 0 bridgehead atoms. The number of ether oxygens (including phenoxy) is 2. The minimum Gasteiger partial charge on any atom is -0.476 e. The zero-order chi connectivity index (χ0) is 21.8. The quantitative estimate of drug-likeness (QED) is 0.635. The van der Waals surface area contributed by atoms with Crippen molar-refractivity contribution >= 4 is 24.9 Å². The van der Waals surface area contributed by atoms with Crippen molar-refractivity contribution in [2.45, 2.75) is 69.6 Å². The van der Waals surface area contributed by atoms with E-state index in [9.17, 15) is 4.57 Å². The zero-order valence-electron chi connectivity index (χ0n) is 17.5. The van der Waals surface area contributed by atoms with E-state index in [0.29, 0.717) is 17.8 Å². The van der Waals surface area contributed by atoms with E-state index in [1.54, 1.807) is 17.8 Å². The topological polar surface area (TPSA) is 159 Å². The Hall–Kier alpha value is -1.82. The number of nitrogens with two attached hydrogens (primary N) is 2. The Morgan fingerprint density at radius 1 is 1.35 bits per heavy atom. The standard InChI is InChI=1S/C18H27N6O6P/c1-3-26-15-12-14(22-17(19)23-15)24(9-21-12)16-18(2,20)13-11(28-16)8-27-31(25,30-13)29-10-6-4-5-7-10/h9-11,13,16H,3-8,20H2,1-2H3,(H2,19,22,23)/t11-,13-,16-,18-,31?/m1/s1. The van der Waals surface area contributed by atoms with Gasteiger partial charge >= 0.3 is 7.82 Å². The maximum atomic E-state index is 13.1. The molecule has 1 saturated carbocycles. The Morgan fingerprint density at radius 3 is 2.87 bits per heavy atom. The van der Waals surface area contributed by atoms with E-state index in [1.807, 2.05) is 6.92 Å². The van der Waals surface area contributed by atoms with Crippen LogP contribution in [0.2, 0.25) is 0 Å². The molecule has 2 saturated heterocycles. The van der Waals surface area contributed by atoms with Crippen LogP contribution in [0.15, 0.2) is 6.33 Å². The van der Waals surface area contributed by atoms with Crippen LogP contribution in [-0.2, 0) is 22.9 Å². The van der Waals surface area contributed by atoms with Crippen LogP contribution in [0.3, 0.4) is 0 Å². The average Bonchev–Trinajstić information content (AvgIpc) is 3.41. The van der Waals surface area contributed by atoms with Crippen LogP contribution in [0.25, 0.3) is 11.2 Å². The second-order valence-corrected chi connectivity index (χ2v) is 9.89. The van der Waals surface area contributed by atoms with Crippen molar-refractivity contribution in [2.75, 3.05) is 18.9 Å². The number of phosphoric ester groups is 1. The molecular weight excluding hydrogens is 427 g/mol. The highest BCUT2D eigenvalue weighted by Crippen LogP contribution is 2.59. The van der Waals surface area contributed by atoms with Crippen LogP contribution in [-0.4, -0.2) is 56.6 Å². The third kappa shape index (κ3) is 3.61. The summed E-state index contributed by atoms with van der Waals surface area (Å²) in [6, 6.07) is 0. The second kappa shape index (κ2) is 7.65. The Bertz CT molecular complexity index is 1020. The van der Waals surface area contributed by atoms with Gasteiger partial charge in [-0.1, -0.05) is 12.8 Å². The molecule has 5 rings (SSSR count). The van der Waals surface area contributed by atoms with Crippen LogP contribution in [0.1, 0.15) is 45.8 Å². The average molecular weight is 454 g/mol. The lowest BCUT2D eigenvalue weighted by Gasteiger charge is -2.36. The number of imidazole rings is 1. The van der Waals surface area contributed by atoms with Crippen LogP contribution >= 0.6 is 7.82 Å². The van der Waals surface area contributed by atoms with Crippen molar-refractivity contribution in [3.8, 4) is 5.88 Å². The van der Waals surface area contributed by atoms with E-state index in [4.69, 9.17) is 34.5 Å². The van der Waals surface area contributed by atoms with Gasteiger partial charge in [-0.15, -0.1) is 0 Å². The van der Waals surface area contributed by atoms with Crippen molar-refractivity contribution < 1.29 is 27.6 Å². The van der Waals surface area contributed by atoms with Crippen molar-refractivity contribution in [3.63, 3.8) is 0 Å². The van der Waals surface area contributed by atoms with Gasteiger partial charge in [0.25, 0.3) is 0 Å². The van der Waals surface area contributed by atoms with Crippen molar-refractivity contribution in [2.24, 2.45) is 5.73 Å². The predicted molar refractivity (Wildman–Crippen MR) is 109 cm³/mol. The van der Waals surface area contributed by atoms with E-state index in [-0.39, 0.29) is 24.5 Å². The molecule has 3 aliphatic rings. The fourth-order valence-electron chi connectivity index (χ4n) is 4.48. The van der Waals surface area contributed by atoms with E-state index < -0.39 is 31.8 Å². The Morgan fingerprint density at radius 2 is 2.13 bits per heavy atom. The van der Waals surface area contributed by atoms with Gasteiger partial charge in [0, 0.05) is 0 Å². The van der Waals surface area contributed by atoms with E-state index in [2.05, 4.69) is 15.0 Å². The molecule has 1 aliphatic carbocycles. The maximum Gasteiger partial charge on any atom is 0.475 e. The Labute approximate surface area is 179 Å². The third-order valence-corrected chi connectivity index (χ3v) is 7.45. The highest BCUT2D eigenvalue weighted by molar-refractivity contribution is 7.48. The summed E-state index contributed by atoms with van der Waals surface area (Å²) in [6.45, 7) is 4.06. The molecule has 2 aromatic heterocycles. The lowest BCUT2D eigenvalue weighted by atomic mass is 9.93. The summed E-state index contributed by atoms with van der Waals surface area (Å²) in [5.41, 5.74) is 12.3. The first-order valence-corrected chi connectivity index (χ1v) is 12.0. The summed E-state index contributed by atoms with van der Waals surface area (Å²) in [5.74, 6) is 0.327. The molecule has 2 aromatic rings. The predicted octanol–water partition coefficient (Wildman–Crippen LogP) is 1.90. The summed E-state index contributed by atoms with van der Waals surface area (Å²) >= 11 is 0. The molecule has 31 heavy (non-hydrogen) atoms. The Balaban J connectivity index is 1.44. The zero-order valence-corrected chi connectivity index (χ0v) is 18.4. The molecule has 4 N–H and O–H groups in total. The normalized spacial score (nSPS) is 36.2. The SMILES string of the molecule is CCOc1nc(N)nc2c1ncn2[C@@H]1O[C@@H]2COP(=O)(OC3CCCC3)O[C@H]2[C@@]1(C)N. The molecule has 5 atom stereocenters. The van der Waals surface area contributed by atoms with Gasteiger partial charge in [-0.05, 0) is 26.7 Å². The Kier molecular flexibility index (Phi) is 5.19. The number of phosphoric acid groups is 1. The van der Waals surface area contributed by atoms with Crippen molar-refractivity contribution in [1.82, 2.24) is 19.5 Å². The molecule has 0 spiro atoms. The molecule has 0 radical (unpaired) electrons. The first-order valence-electron chi connectivity index (χ1n) is 10.5. The van der Waals surface area contributed by atoms with Gasteiger partial charge in [0.15, 0.2) is 17.4 Å². The molecule has 2 aliphatic heterocycles. The van der Waals surface area contributed by atoms with Crippen LogP contribution in [0, 0.1) is 0 Å². The van der Waals surface area contributed by atoms with E-state index >= 15 is 0 Å². The summed E-state index contributed by atoms with van der Waals surface area (Å²) in [6.07, 6.45) is 3.22. The second-order valence-electron chi connectivity index (χ2n) is 8.32. The van der Waals surface area contributed by atoms with Crippen molar-refractivity contribution in [1.29, 1.82) is 0 Å². The summed E-state index contributed by atoms with van der Waals surface area (Å²) in [7, 11) is -3.74. The number of fused-ring (bicyclic) bond motifs is 2. The lowest BCUT2D eigenvalue weighted by Crippen LogP contribution is -2.54. The van der Waals surface area contributed by atoms with Gasteiger partial charge in [0.2, 0.25) is 11.8 Å². The van der Waals surface area contributed by atoms with Crippen LogP contribution in [0.4, 0.5) is 5.95 Å². The number of nitrogen functional groups attached to an aromatic ring is 1. The molecule has 0 amide bonds. The van der Waals surface area contributed by atoms with Gasteiger partial charge in [-0.3, -0.25) is 18.1 Å². The van der Waals surface area contributed by atoms with Gasteiger partial charge in [-0.2, -0.15) is 9.97 Å². The van der Waals surface area contributed by atoms with Crippen LogP contribution < -0.4 is 16.2 Å². The molecule has 3 fully saturated rings. The number of hydrogen-bond donors (Lipinski definition) is 2. The molecule has 170 valence electrons. The number of anilines is 1. The maximum absolute atomic E-state index is 13.1. The highest BCUT2D eigenvalue weighted by Gasteiger charge is 2.59. The largest absolute Gasteiger partial charge is 0.476 e. The minimum absolute atomic E-state index is 0.0425. The number of nitrogens with zero attached hydrogens (tertiary/aromatic N) is 4. The lowest BCUT2D eigenvalue weighted by molar-refractivity contribution is -0.0745. The molecular formula is C18H27N6O6P. The first kappa shape index (κ1) is 21.0. The van der Waals surface area contributed by atoms with Crippen molar-refractivity contribution in [3.05, 3.63) is 6.33 Å². The van der Waals surface area contributed by atoms with E-state index in [0.717, 1.165) is 25.7 Å².